The summed E-state index contributed by atoms with van der Waals surface area (Å²) in [6.07, 6.45) is 0.542. The standard InChI is InChI=1S/C19H26NO4P/c1-19(2,13-14-20)24-25(21,22-15-17-9-5-3-6-10-17)23-16-18-11-7-4-8-12-18/h3-12H,13-16,20H2,1-2H3. The summed E-state index contributed by atoms with van der Waals surface area (Å²) in [5, 5.41) is 0. The van der Waals surface area contributed by atoms with Crippen molar-refractivity contribution in [1.82, 2.24) is 0 Å². The topological polar surface area (TPSA) is 70.8 Å². The monoisotopic (exact) mass is 363 g/mol. The molecule has 5 nitrogen and oxygen atoms in total. The number of benzene rings is 2. The van der Waals surface area contributed by atoms with Gasteiger partial charge >= 0.3 is 7.82 Å². The van der Waals surface area contributed by atoms with Gasteiger partial charge in [-0.25, -0.2) is 4.57 Å². The predicted octanol–water partition coefficient (Wildman–Crippen LogP) is 4.67. The van der Waals surface area contributed by atoms with Crippen LogP contribution in [-0.2, 0) is 31.4 Å². The van der Waals surface area contributed by atoms with Gasteiger partial charge in [0.25, 0.3) is 0 Å². The molecule has 0 atom stereocenters. The van der Waals surface area contributed by atoms with E-state index >= 15 is 0 Å². The Morgan fingerprint density at radius 1 is 0.880 bits per heavy atom. The van der Waals surface area contributed by atoms with Crippen LogP contribution >= 0.6 is 7.82 Å². The highest BCUT2D eigenvalue weighted by molar-refractivity contribution is 7.48. The number of phosphoric ester groups is 1. The van der Waals surface area contributed by atoms with E-state index in [1.54, 1.807) is 0 Å². The van der Waals surface area contributed by atoms with E-state index in [2.05, 4.69) is 0 Å². The van der Waals surface area contributed by atoms with Crippen LogP contribution in [0.3, 0.4) is 0 Å². The molecule has 0 saturated heterocycles. The smallest absolute Gasteiger partial charge is 0.330 e. The quantitative estimate of drug-likeness (QED) is 0.621. The summed E-state index contributed by atoms with van der Waals surface area (Å²) in [7, 11) is -3.76. The maximum absolute atomic E-state index is 13.1. The first kappa shape index (κ1) is 19.8. The Kier molecular flexibility index (Phi) is 7.36. The largest absolute Gasteiger partial charge is 0.475 e. The number of hydrogen-bond acceptors (Lipinski definition) is 5. The molecule has 2 rings (SSSR count). The van der Waals surface area contributed by atoms with Gasteiger partial charge in [-0.05, 0) is 37.9 Å². The first-order valence-corrected chi connectivity index (χ1v) is 9.76. The molecular weight excluding hydrogens is 337 g/mol. The zero-order valence-corrected chi connectivity index (χ0v) is 15.7. The van der Waals surface area contributed by atoms with Crippen LogP contribution in [0.25, 0.3) is 0 Å². The zero-order chi connectivity index (χ0) is 18.2. The van der Waals surface area contributed by atoms with Gasteiger partial charge in [0.05, 0.1) is 18.8 Å². The number of phosphoric acid groups is 1. The lowest BCUT2D eigenvalue weighted by molar-refractivity contribution is 0.0229. The second kappa shape index (κ2) is 9.27. The molecule has 0 saturated carbocycles. The summed E-state index contributed by atoms with van der Waals surface area (Å²) in [6, 6.07) is 19.0. The molecule has 0 fully saturated rings. The fraction of sp³-hybridized carbons (Fsp3) is 0.368. The molecule has 0 aliphatic carbocycles. The highest BCUT2D eigenvalue weighted by Crippen LogP contribution is 2.54. The minimum absolute atomic E-state index is 0.144. The molecule has 136 valence electrons. The second-order valence-corrected chi connectivity index (χ2v) is 7.95. The minimum Gasteiger partial charge on any atom is -0.330 e. The Bertz CT molecular complexity index is 629. The van der Waals surface area contributed by atoms with Gasteiger partial charge in [-0.1, -0.05) is 60.7 Å². The minimum atomic E-state index is -3.76. The molecule has 0 bridgehead atoms. The molecule has 0 heterocycles. The van der Waals surface area contributed by atoms with Crippen LogP contribution in [0, 0.1) is 0 Å². The van der Waals surface area contributed by atoms with E-state index < -0.39 is 13.4 Å². The Labute approximate surface area is 149 Å². The van der Waals surface area contributed by atoms with Crippen LogP contribution < -0.4 is 5.73 Å². The third-order valence-corrected chi connectivity index (χ3v) is 5.18. The van der Waals surface area contributed by atoms with Gasteiger partial charge in [0.2, 0.25) is 0 Å². The van der Waals surface area contributed by atoms with E-state index in [-0.39, 0.29) is 13.2 Å². The Hall–Kier alpha value is -1.49. The first-order valence-electron chi connectivity index (χ1n) is 8.30. The van der Waals surface area contributed by atoms with Crippen LogP contribution in [0.15, 0.2) is 60.7 Å². The van der Waals surface area contributed by atoms with Crippen LogP contribution in [0.2, 0.25) is 0 Å². The van der Waals surface area contributed by atoms with Crippen molar-refractivity contribution >= 4 is 7.82 Å². The van der Waals surface area contributed by atoms with Crippen molar-refractivity contribution in [3.05, 3.63) is 71.8 Å². The summed E-state index contributed by atoms with van der Waals surface area (Å²) >= 11 is 0. The molecule has 0 aromatic heterocycles. The van der Waals surface area contributed by atoms with Crippen molar-refractivity contribution < 1.29 is 18.1 Å². The molecule has 0 aliphatic heterocycles. The number of hydrogen-bond donors (Lipinski definition) is 1. The van der Waals surface area contributed by atoms with E-state index in [4.69, 9.17) is 19.3 Å². The second-order valence-electron chi connectivity index (χ2n) is 6.35. The van der Waals surface area contributed by atoms with Gasteiger partial charge in [0.15, 0.2) is 0 Å². The third-order valence-electron chi connectivity index (χ3n) is 3.57. The highest BCUT2D eigenvalue weighted by Gasteiger charge is 2.35. The Morgan fingerprint density at radius 3 is 1.72 bits per heavy atom. The van der Waals surface area contributed by atoms with Crippen LogP contribution in [-0.4, -0.2) is 12.1 Å². The summed E-state index contributed by atoms with van der Waals surface area (Å²) in [5.74, 6) is 0. The third kappa shape index (κ3) is 7.10. The highest BCUT2D eigenvalue weighted by atomic mass is 31.2. The molecule has 2 aromatic rings. The Balaban J connectivity index is 2.07. The molecule has 25 heavy (non-hydrogen) atoms. The molecular formula is C19H26NO4P. The fourth-order valence-electron chi connectivity index (χ4n) is 2.24. The van der Waals surface area contributed by atoms with Gasteiger partial charge in [0, 0.05) is 0 Å². The summed E-state index contributed by atoms with van der Waals surface area (Å²) in [4.78, 5) is 0. The first-order chi connectivity index (χ1) is 11.9. The van der Waals surface area contributed by atoms with E-state index in [1.807, 2.05) is 74.5 Å². The van der Waals surface area contributed by atoms with Crippen LogP contribution in [0.1, 0.15) is 31.4 Å². The van der Waals surface area contributed by atoms with Crippen molar-refractivity contribution in [2.24, 2.45) is 5.73 Å². The maximum Gasteiger partial charge on any atom is 0.475 e. The average Bonchev–Trinajstić information content (AvgIpc) is 2.60. The molecule has 0 aliphatic rings. The normalized spacial score (nSPS) is 12.3. The van der Waals surface area contributed by atoms with E-state index in [1.165, 1.54) is 0 Å². The summed E-state index contributed by atoms with van der Waals surface area (Å²) < 4.78 is 30.1. The van der Waals surface area contributed by atoms with Crippen LogP contribution in [0.5, 0.6) is 0 Å². The van der Waals surface area contributed by atoms with Crippen molar-refractivity contribution in [3.63, 3.8) is 0 Å². The van der Waals surface area contributed by atoms with E-state index in [0.29, 0.717) is 13.0 Å². The van der Waals surface area contributed by atoms with Crippen molar-refractivity contribution in [3.8, 4) is 0 Å². The molecule has 6 heteroatoms. The van der Waals surface area contributed by atoms with Gasteiger partial charge in [-0.3, -0.25) is 13.6 Å². The van der Waals surface area contributed by atoms with Gasteiger partial charge < -0.3 is 5.73 Å². The van der Waals surface area contributed by atoms with Crippen LogP contribution in [0.4, 0.5) is 0 Å². The Morgan fingerprint density at radius 2 is 1.32 bits per heavy atom. The number of rotatable bonds is 10. The predicted molar refractivity (Wildman–Crippen MR) is 98.9 cm³/mol. The molecule has 0 unspecified atom stereocenters. The molecule has 0 amide bonds. The van der Waals surface area contributed by atoms with Crippen molar-refractivity contribution in [2.45, 2.75) is 39.1 Å². The van der Waals surface area contributed by atoms with Gasteiger partial charge in [-0.2, -0.15) is 0 Å². The molecule has 2 N–H and O–H groups in total. The van der Waals surface area contributed by atoms with Gasteiger partial charge in [0.1, 0.15) is 0 Å². The molecule has 2 aromatic carbocycles. The van der Waals surface area contributed by atoms with Gasteiger partial charge in [-0.15, -0.1) is 0 Å². The zero-order valence-electron chi connectivity index (χ0n) is 14.8. The summed E-state index contributed by atoms with van der Waals surface area (Å²) in [6.45, 7) is 4.36. The number of nitrogens with two attached hydrogens (primary N) is 1. The lowest BCUT2D eigenvalue weighted by Gasteiger charge is -2.29. The maximum atomic E-state index is 13.1. The van der Waals surface area contributed by atoms with E-state index in [9.17, 15) is 4.57 Å². The fourth-order valence-corrected chi connectivity index (χ4v) is 3.73. The molecule has 0 spiro atoms. The van der Waals surface area contributed by atoms with Crippen molar-refractivity contribution in [2.75, 3.05) is 6.54 Å². The van der Waals surface area contributed by atoms with E-state index in [0.717, 1.165) is 11.1 Å². The SMILES string of the molecule is CC(C)(CCN)OP(=O)(OCc1ccccc1)OCc1ccccc1. The lowest BCUT2D eigenvalue weighted by Crippen LogP contribution is -2.27. The summed E-state index contributed by atoms with van der Waals surface area (Å²) in [5.41, 5.74) is 6.69. The van der Waals surface area contributed by atoms with Crippen molar-refractivity contribution in [1.29, 1.82) is 0 Å². The average molecular weight is 363 g/mol. The molecule has 0 radical (unpaired) electrons. The lowest BCUT2D eigenvalue weighted by atomic mass is 10.1.